The first-order valence-corrected chi connectivity index (χ1v) is 23.6. The van der Waals surface area contributed by atoms with E-state index in [4.69, 9.17) is 37.9 Å². The van der Waals surface area contributed by atoms with E-state index in [1.54, 1.807) is 0 Å². The number of ether oxygens (including phenoxy) is 8. The Balaban J connectivity index is 0.858. The first-order chi connectivity index (χ1) is 30.4. The molecule has 366 valence electrons. The SMILES string of the molecule is C[C@@H]1CC[C@@]2(OC1)O[C@H]1C[C@H]3[C@@H]4CC=C5C[C@@H](O[C@@H]6O[C@H](CO)[C@H](O[C@@H]7O[C@H](CO)[C@@H](O)[C@H](O)[C@H]7O[C@@H]7O[C@H](CO)[C@@H](O)[C@H](O)[C@H]7O)[C@H](O)[C@H]6O)CC[C@]5(C)[C@H]4C[C@H](O)[C@]3(C)[C@H]1[C@@H]2C. The third-order valence-corrected chi connectivity index (χ3v) is 17.8. The summed E-state index contributed by atoms with van der Waals surface area (Å²) < 4.78 is 48.7. The molecular formula is C45H72O19. The van der Waals surface area contributed by atoms with Gasteiger partial charge in [0.25, 0.3) is 0 Å². The molecule has 64 heavy (non-hydrogen) atoms. The summed E-state index contributed by atoms with van der Waals surface area (Å²) in [6, 6.07) is 0. The monoisotopic (exact) mass is 916 g/mol. The minimum Gasteiger partial charge on any atom is -0.394 e. The fourth-order valence-corrected chi connectivity index (χ4v) is 14.0. The summed E-state index contributed by atoms with van der Waals surface area (Å²) in [4.78, 5) is 0. The molecule has 19 nitrogen and oxygen atoms in total. The van der Waals surface area contributed by atoms with Gasteiger partial charge in [-0.05, 0) is 74.0 Å². The molecular weight excluding hydrogens is 844 g/mol. The Morgan fingerprint density at radius 3 is 1.94 bits per heavy atom. The highest BCUT2D eigenvalue weighted by Crippen LogP contribution is 2.70. The van der Waals surface area contributed by atoms with Crippen LogP contribution in [-0.4, -0.2) is 199 Å². The van der Waals surface area contributed by atoms with Gasteiger partial charge in [0.15, 0.2) is 24.7 Å². The van der Waals surface area contributed by atoms with E-state index in [2.05, 4.69) is 33.8 Å². The van der Waals surface area contributed by atoms with Crippen molar-refractivity contribution in [2.24, 2.45) is 46.3 Å². The van der Waals surface area contributed by atoms with Gasteiger partial charge in [-0.3, -0.25) is 0 Å². The van der Waals surface area contributed by atoms with E-state index in [9.17, 15) is 56.2 Å². The lowest BCUT2D eigenvalue weighted by Gasteiger charge is -2.60. The molecule has 1 spiro atoms. The summed E-state index contributed by atoms with van der Waals surface area (Å²) in [6.45, 7) is 7.51. The van der Waals surface area contributed by atoms with E-state index in [0.29, 0.717) is 43.6 Å². The fourth-order valence-electron chi connectivity index (χ4n) is 14.0. The van der Waals surface area contributed by atoms with Crippen molar-refractivity contribution >= 4 is 0 Å². The summed E-state index contributed by atoms with van der Waals surface area (Å²) in [7, 11) is 0. The third-order valence-electron chi connectivity index (χ3n) is 17.8. The second-order valence-electron chi connectivity index (χ2n) is 21.2. The summed E-state index contributed by atoms with van der Waals surface area (Å²) in [5.74, 6) is 1.30. The molecule has 0 aromatic rings. The van der Waals surface area contributed by atoms with Gasteiger partial charge in [-0.15, -0.1) is 0 Å². The van der Waals surface area contributed by atoms with Crippen LogP contribution in [0.3, 0.4) is 0 Å². The molecule has 4 aliphatic carbocycles. The highest BCUT2D eigenvalue weighted by molar-refractivity contribution is 5.27. The van der Waals surface area contributed by atoms with E-state index in [1.807, 2.05) is 0 Å². The lowest BCUT2D eigenvalue weighted by atomic mass is 9.46. The first-order valence-electron chi connectivity index (χ1n) is 23.6. The summed E-state index contributed by atoms with van der Waals surface area (Å²) >= 11 is 0. The van der Waals surface area contributed by atoms with Crippen LogP contribution in [0, 0.1) is 46.3 Å². The molecule has 0 unspecified atom stereocenters. The number of hydrogen-bond donors (Lipinski definition) is 11. The zero-order valence-electron chi connectivity index (χ0n) is 37.1. The van der Waals surface area contributed by atoms with Crippen molar-refractivity contribution in [3.05, 3.63) is 11.6 Å². The molecule has 5 aliphatic heterocycles. The fraction of sp³-hybridized carbons (Fsp3) is 0.956. The normalized spacial score (nSPS) is 57.4. The summed E-state index contributed by atoms with van der Waals surface area (Å²) in [5.41, 5.74) is 0.763. The first kappa shape index (κ1) is 48.0. The highest BCUT2D eigenvalue weighted by atomic mass is 16.8. The largest absolute Gasteiger partial charge is 0.394 e. The Kier molecular flexibility index (Phi) is 13.5. The van der Waals surface area contributed by atoms with Crippen molar-refractivity contribution in [1.82, 2.24) is 0 Å². The summed E-state index contributed by atoms with van der Waals surface area (Å²) in [5, 5.41) is 118. The molecule has 0 radical (unpaired) electrons. The lowest BCUT2D eigenvalue weighted by molar-refractivity contribution is -0.390. The van der Waals surface area contributed by atoms with Crippen LogP contribution in [0.25, 0.3) is 0 Å². The van der Waals surface area contributed by atoms with E-state index < -0.39 is 130 Å². The molecule has 0 aromatic heterocycles. The smallest absolute Gasteiger partial charge is 0.187 e. The van der Waals surface area contributed by atoms with Gasteiger partial charge in [0, 0.05) is 23.7 Å². The van der Waals surface area contributed by atoms with E-state index >= 15 is 0 Å². The second kappa shape index (κ2) is 18.1. The Morgan fingerprint density at radius 2 is 1.27 bits per heavy atom. The van der Waals surface area contributed by atoms with E-state index in [0.717, 1.165) is 32.1 Å². The van der Waals surface area contributed by atoms with Gasteiger partial charge in [-0.1, -0.05) is 39.3 Å². The summed E-state index contributed by atoms with van der Waals surface area (Å²) in [6.07, 6.45) is -17.1. The molecule has 19 heteroatoms. The Morgan fingerprint density at radius 1 is 0.656 bits per heavy atom. The van der Waals surface area contributed by atoms with Gasteiger partial charge in [0.1, 0.15) is 73.2 Å². The predicted octanol–water partition coefficient (Wildman–Crippen LogP) is -1.84. The molecule has 3 saturated carbocycles. The molecule has 0 aromatic carbocycles. The van der Waals surface area contributed by atoms with Crippen LogP contribution in [0.2, 0.25) is 0 Å². The Labute approximate surface area is 373 Å². The number of aliphatic hydroxyl groups is 11. The van der Waals surface area contributed by atoms with Crippen LogP contribution >= 0.6 is 0 Å². The number of aliphatic hydroxyl groups excluding tert-OH is 11. The average molecular weight is 917 g/mol. The zero-order valence-corrected chi connectivity index (χ0v) is 37.1. The van der Waals surface area contributed by atoms with Crippen molar-refractivity contribution in [1.29, 1.82) is 0 Å². The number of hydrogen-bond acceptors (Lipinski definition) is 19. The number of rotatable bonds is 9. The molecule has 27 atom stereocenters. The Bertz CT molecular complexity index is 1660. The molecule has 11 N–H and O–H groups in total. The molecule has 0 bridgehead atoms. The number of allylic oxidation sites excluding steroid dienone is 1. The molecule has 0 amide bonds. The van der Waals surface area contributed by atoms with Crippen LogP contribution < -0.4 is 0 Å². The minimum absolute atomic E-state index is 0.0533. The maximum Gasteiger partial charge on any atom is 0.187 e. The quantitative estimate of drug-likeness (QED) is 0.113. The minimum atomic E-state index is -1.90. The molecule has 8 fully saturated rings. The van der Waals surface area contributed by atoms with Gasteiger partial charge in [-0.2, -0.15) is 0 Å². The van der Waals surface area contributed by atoms with Crippen LogP contribution in [0.1, 0.15) is 79.1 Å². The van der Waals surface area contributed by atoms with Gasteiger partial charge in [0.2, 0.25) is 0 Å². The van der Waals surface area contributed by atoms with Crippen LogP contribution in [0.15, 0.2) is 11.6 Å². The van der Waals surface area contributed by atoms with E-state index in [1.165, 1.54) is 5.57 Å². The Hall–Kier alpha value is -1.02. The maximum absolute atomic E-state index is 12.2. The molecule has 5 saturated heterocycles. The van der Waals surface area contributed by atoms with Crippen LogP contribution in [0.4, 0.5) is 0 Å². The van der Waals surface area contributed by atoms with Gasteiger partial charge < -0.3 is 94.1 Å². The average Bonchev–Trinajstić information content (AvgIpc) is 3.73. The standard InChI is InChI=1S/C45H72O19/c1-18-7-10-45(57-17-18)19(2)30-25(64-45)12-24-22-6-5-20-11-21(8-9-43(20,3)23(22)13-29(49)44(24,30)4)58-40-37(56)35(54)38(28(16-48)61-40)62-42-39(34(53)32(51)27(15-47)60-42)63-41-36(55)33(52)31(50)26(14-46)59-41/h5,18-19,21-42,46-56H,6-17H2,1-4H3/t18-,19+,21+,22-,23+,24+,25+,26-,27-,28-,29+,30+,31-,32-,33+,34+,35-,36-,37-,38+,39-,40-,41+,42+,43+,44-,45-/m1/s1. The van der Waals surface area contributed by atoms with Crippen molar-refractivity contribution in [3.8, 4) is 0 Å². The van der Waals surface area contributed by atoms with Gasteiger partial charge in [0.05, 0.1) is 44.7 Å². The van der Waals surface area contributed by atoms with Crippen molar-refractivity contribution in [3.63, 3.8) is 0 Å². The molecule has 9 rings (SSSR count). The van der Waals surface area contributed by atoms with Gasteiger partial charge >= 0.3 is 0 Å². The van der Waals surface area contributed by atoms with Crippen LogP contribution in [0.5, 0.6) is 0 Å². The zero-order chi connectivity index (χ0) is 45.8. The lowest BCUT2D eigenvalue weighted by Crippen LogP contribution is -2.67. The van der Waals surface area contributed by atoms with Crippen molar-refractivity contribution in [2.45, 2.75) is 195 Å². The topological polar surface area (TPSA) is 296 Å². The third kappa shape index (κ3) is 7.68. The van der Waals surface area contributed by atoms with Crippen molar-refractivity contribution < 1.29 is 94.1 Å². The van der Waals surface area contributed by atoms with Gasteiger partial charge in [-0.25, -0.2) is 0 Å². The van der Waals surface area contributed by atoms with Crippen molar-refractivity contribution in [2.75, 3.05) is 26.4 Å². The maximum atomic E-state index is 12.2. The van der Waals surface area contributed by atoms with E-state index in [-0.39, 0.29) is 34.7 Å². The number of fused-ring (bicyclic) bond motifs is 7. The highest BCUT2D eigenvalue weighted by Gasteiger charge is 2.71. The predicted molar refractivity (Wildman–Crippen MR) is 217 cm³/mol. The molecule has 5 heterocycles. The van der Waals surface area contributed by atoms with Crippen LogP contribution in [-0.2, 0) is 37.9 Å². The second-order valence-corrected chi connectivity index (χ2v) is 21.2. The molecule has 9 aliphatic rings.